The Morgan fingerprint density at radius 3 is 2.76 bits per heavy atom. The van der Waals surface area contributed by atoms with Crippen LogP contribution in [-0.4, -0.2) is 23.5 Å². The van der Waals surface area contributed by atoms with E-state index in [2.05, 4.69) is 27.9 Å². The quantitative estimate of drug-likeness (QED) is 0.731. The van der Waals surface area contributed by atoms with Gasteiger partial charge in [-0.2, -0.15) is 0 Å². The Balaban J connectivity index is 1.99. The van der Waals surface area contributed by atoms with Crippen molar-refractivity contribution in [1.82, 2.24) is 5.32 Å². The van der Waals surface area contributed by atoms with Crippen LogP contribution in [-0.2, 0) is 4.79 Å². The van der Waals surface area contributed by atoms with Crippen LogP contribution in [0.5, 0.6) is 0 Å². The van der Waals surface area contributed by atoms with Gasteiger partial charge in [-0.3, -0.25) is 9.59 Å². The molecule has 2 N–H and O–H groups in total. The van der Waals surface area contributed by atoms with Crippen LogP contribution in [0.15, 0.2) is 18.2 Å². The minimum Gasteiger partial charge on any atom is -0.481 e. The van der Waals surface area contributed by atoms with Crippen LogP contribution in [0.3, 0.4) is 0 Å². The molecule has 0 radical (unpaired) electrons. The summed E-state index contributed by atoms with van der Waals surface area (Å²) in [4.78, 5) is 23.5. The lowest BCUT2D eigenvalue weighted by molar-refractivity contribution is -0.144. The highest BCUT2D eigenvalue weighted by atomic mass is 127. The van der Waals surface area contributed by atoms with Crippen LogP contribution >= 0.6 is 34.2 Å². The van der Waals surface area contributed by atoms with E-state index in [1.54, 1.807) is 18.2 Å². The third kappa shape index (κ3) is 4.32. The molecule has 2 rings (SSSR count). The van der Waals surface area contributed by atoms with Crippen molar-refractivity contribution < 1.29 is 14.7 Å². The molecule has 21 heavy (non-hydrogen) atoms. The average molecular weight is 422 g/mol. The molecule has 4 nitrogen and oxygen atoms in total. The largest absolute Gasteiger partial charge is 0.481 e. The number of amides is 1. The number of rotatable bonds is 4. The molecule has 1 aliphatic carbocycles. The van der Waals surface area contributed by atoms with E-state index in [-0.39, 0.29) is 17.7 Å². The minimum absolute atomic E-state index is 0.0112. The first-order valence-electron chi connectivity index (χ1n) is 6.95. The first-order valence-corrected chi connectivity index (χ1v) is 8.40. The number of nitrogens with one attached hydrogen (secondary N) is 1. The first kappa shape index (κ1) is 16.5. The molecule has 114 valence electrons. The summed E-state index contributed by atoms with van der Waals surface area (Å²) < 4.78 is 0.827. The lowest BCUT2D eigenvalue weighted by Crippen LogP contribution is -2.37. The Morgan fingerprint density at radius 2 is 2.05 bits per heavy atom. The highest BCUT2D eigenvalue weighted by molar-refractivity contribution is 14.1. The lowest BCUT2D eigenvalue weighted by Gasteiger charge is -2.28. The molecule has 1 aromatic carbocycles. The van der Waals surface area contributed by atoms with Crippen molar-refractivity contribution in [2.45, 2.75) is 25.7 Å². The van der Waals surface area contributed by atoms with E-state index in [1.165, 1.54) is 0 Å². The fourth-order valence-electron chi connectivity index (χ4n) is 2.77. The van der Waals surface area contributed by atoms with Gasteiger partial charge >= 0.3 is 5.97 Å². The number of carboxylic acid groups (broad SMARTS) is 1. The summed E-state index contributed by atoms with van der Waals surface area (Å²) in [5.74, 6) is -1.29. The van der Waals surface area contributed by atoms with E-state index >= 15 is 0 Å². The lowest BCUT2D eigenvalue weighted by atomic mass is 9.79. The number of carboxylic acids is 1. The summed E-state index contributed by atoms with van der Waals surface area (Å²) in [6.07, 6.45) is 3.53. The Kier molecular flexibility index (Phi) is 5.87. The number of carbonyl (C=O) groups is 2. The SMILES string of the molecule is O=C(NCC1CCCCC1C(=O)O)c1cc(Cl)ccc1I. The molecule has 0 saturated heterocycles. The van der Waals surface area contributed by atoms with Gasteiger partial charge in [-0.15, -0.1) is 0 Å². The van der Waals surface area contributed by atoms with Gasteiger partial charge in [0.2, 0.25) is 0 Å². The van der Waals surface area contributed by atoms with Gasteiger partial charge in [0.1, 0.15) is 0 Å². The summed E-state index contributed by atoms with van der Waals surface area (Å²) in [6.45, 7) is 0.401. The maximum absolute atomic E-state index is 12.2. The van der Waals surface area contributed by atoms with Gasteiger partial charge in [0.05, 0.1) is 11.5 Å². The van der Waals surface area contributed by atoms with Crippen LogP contribution in [0.25, 0.3) is 0 Å². The molecule has 0 aliphatic heterocycles. The maximum Gasteiger partial charge on any atom is 0.306 e. The number of hydrogen-bond acceptors (Lipinski definition) is 2. The van der Waals surface area contributed by atoms with Gasteiger partial charge in [-0.25, -0.2) is 0 Å². The summed E-state index contributed by atoms with van der Waals surface area (Å²) in [5, 5.41) is 12.6. The van der Waals surface area contributed by atoms with Crippen LogP contribution in [0.1, 0.15) is 36.0 Å². The Bertz CT molecular complexity index is 550. The van der Waals surface area contributed by atoms with Gasteiger partial charge in [0.25, 0.3) is 5.91 Å². The standard InChI is InChI=1S/C15H17ClINO3/c16-10-5-6-13(17)12(7-10)14(19)18-8-9-3-1-2-4-11(9)15(20)21/h5-7,9,11H,1-4,8H2,(H,18,19)(H,20,21). The zero-order valence-electron chi connectivity index (χ0n) is 11.4. The van der Waals surface area contributed by atoms with E-state index in [0.717, 1.165) is 22.8 Å². The minimum atomic E-state index is -0.758. The Labute approximate surface area is 142 Å². The van der Waals surface area contributed by atoms with E-state index in [0.29, 0.717) is 23.6 Å². The molecule has 2 atom stereocenters. The molecule has 6 heteroatoms. The van der Waals surface area contributed by atoms with Crippen LogP contribution in [0.2, 0.25) is 5.02 Å². The molecule has 1 saturated carbocycles. The van der Waals surface area contributed by atoms with Gasteiger partial charge < -0.3 is 10.4 Å². The molecule has 1 amide bonds. The van der Waals surface area contributed by atoms with Gasteiger partial charge in [-0.05, 0) is 59.5 Å². The highest BCUT2D eigenvalue weighted by Gasteiger charge is 2.30. The predicted molar refractivity (Wildman–Crippen MR) is 89.6 cm³/mol. The molecule has 1 aliphatic rings. The van der Waals surface area contributed by atoms with E-state index < -0.39 is 5.97 Å². The van der Waals surface area contributed by atoms with Crippen molar-refractivity contribution in [2.75, 3.05) is 6.54 Å². The monoisotopic (exact) mass is 421 g/mol. The number of carbonyl (C=O) groups excluding carboxylic acids is 1. The van der Waals surface area contributed by atoms with E-state index in [1.807, 2.05) is 0 Å². The van der Waals surface area contributed by atoms with Crippen molar-refractivity contribution in [1.29, 1.82) is 0 Å². The van der Waals surface area contributed by atoms with Gasteiger partial charge in [0.15, 0.2) is 0 Å². The summed E-state index contributed by atoms with van der Waals surface area (Å²) in [7, 11) is 0. The molecule has 0 bridgehead atoms. The molecule has 0 heterocycles. The topological polar surface area (TPSA) is 66.4 Å². The molecule has 1 fully saturated rings. The van der Waals surface area contributed by atoms with Crippen molar-refractivity contribution in [3.05, 3.63) is 32.4 Å². The van der Waals surface area contributed by atoms with Gasteiger partial charge in [-0.1, -0.05) is 24.4 Å². The van der Waals surface area contributed by atoms with Crippen LogP contribution in [0.4, 0.5) is 0 Å². The van der Waals surface area contributed by atoms with Crippen molar-refractivity contribution >= 4 is 46.1 Å². The van der Waals surface area contributed by atoms with Crippen molar-refractivity contribution in [2.24, 2.45) is 11.8 Å². The fourth-order valence-corrected chi connectivity index (χ4v) is 3.52. The van der Waals surface area contributed by atoms with E-state index in [9.17, 15) is 14.7 Å². The number of benzene rings is 1. The highest BCUT2D eigenvalue weighted by Crippen LogP contribution is 2.30. The Hall–Kier alpha value is -0.820. The third-order valence-corrected chi connectivity index (χ3v) is 5.10. The Morgan fingerprint density at radius 1 is 1.33 bits per heavy atom. The predicted octanol–water partition coefficient (Wildman–Crippen LogP) is 3.57. The number of aliphatic carboxylic acids is 1. The van der Waals surface area contributed by atoms with E-state index in [4.69, 9.17) is 11.6 Å². The van der Waals surface area contributed by atoms with Crippen molar-refractivity contribution in [3.63, 3.8) is 0 Å². The molecular formula is C15H17ClINO3. The first-order chi connectivity index (χ1) is 9.99. The summed E-state index contributed by atoms with van der Waals surface area (Å²) >= 11 is 8.00. The summed E-state index contributed by atoms with van der Waals surface area (Å²) in [6, 6.07) is 5.16. The van der Waals surface area contributed by atoms with Gasteiger partial charge in [0, 0.05) is 15.1 Å². The van der Waals surface area contributed by atoms with Crippen LogP contribution < -0.4 is 5.32 Å². The molecule has 2 unspecified atom stereocenters. The maximum atomic E-state index is 12.2. The van der Waals surface area contributed by atoms with Crippen molar-refractivity contribution in [3.8, 4) is 0 Å². The normalized spacial score (nSPS) is 21.8. The number of hydrogen-bond donors (Lipinski definition) is 2. The fraction of sp³-hybridized carbons (Fsp3) is 0.467. The summed E-state index contributed by atoms with van der Waals surface area (Å²) in [5.41, 5.74) is 0.533. The van der Waals surface area contributed by atoms with Crippen LogP contribution in [0, 0.1) is 15.4 Å². The second kappa shape index (κ2) is 7.45. The zero-order valence-corrected chi connectivity index (χ0v) is 14.4. The second-order valence-electron chi connectivity index (χ2n) is 5.32. The molecule has 0 aromatic heterocycles. The molecule has 1 aromatic rings. The molecular weight excluding hydrogens is 405 g/mol. The third-order valence-electron chi connectivity index (χ3n) is 3.92. The smallest absolute Gasteiger partial charge is 0.306 e. The number of halogens is 2. The average Bonchev–Trinajstić information content (AvgIpc) is 2.47. The second-order valence-corrected chi connectivity index (χ2v) is 6.92. The molecule has 0 spiro atoms. The zero-order chi connectivity index (χ0) is 15.4.